The van der Waals surface area contributed by atoms with Crippen LogP contribution < -0.4 is 5.32 Å². The van der Waals surface area contributed by atoms with Crippen molar-refractivity contribution in [2.24, 2.45) is 0 Å². The molecule has 0 fully saturated rings. The average molecular weight is 285 g/mol. The van der Waals surface area contributed by atoms with Crippen molar-refractivity contribution in [3.8, 4) is 0 Å². The van der Waals surface area contributed by atoms with Crippen LogP contribution in [0.25, 0.3) is 0 Å². The molecule has 1 aromatic carbocycles. The number of carbonyl (C=O) groups is 2. The second-order valence-electron chi connectivity index (χ2n) is 4.30. The Labute approximate surface area is 116 Å². The Hall–Kier alpha value is -1.82. The van der Waals surface area contributed by atoms with Crippen LogP contribution in [-0.2, 0) is 20.7 Å². The van der Waals surface area contributed by atoms with Crippen LogP contribution in [0.4, 0.5) is 8.78 Å². The van der Waals surface area contributed by atoms with Gasteiger partial charge in [-0.05, 0) is 12.0 Å². The van der Waals surface area contributed by atoms with Gasteiger partial charge in [0.05, 0.1) is 6.61 Å². The van der Waals surface area contributed by atoms with E-state index >= 15 is 0 Å². The largest absolute Gasteiger partial charge is 0.345 e. The van der Waals surface area contributed by atoms with Crippen molar-refractivity contribution in [1.82, 2.24) is 5.32 Å². The van der Waals surface area contributed by atoms with Gasteiger partial charge < -0.3 is 10.1 Å². The molecule has 0 radical (unpaired) electrons. The molecule has 0 unspecified atom stereocenters. The van der Waals surface area contributed by atoms with Gasteiger partial charge in [-0.3, -0.25) is 9.59 Å². The molecule has 0 aliphatic carbocycles. The SMILES string of the molecule is CC(=O)N[C@H](COC(F)F)C(=O)CCc1ccccc1. The Bertz CT molecular complexity index is 437. The normalized spacial score (nSPS) is 12.2. The van der Waals surface area contributed by atoms with Gasteiger partial charge in [-0.15, -0.1) is 0 Å². The summed E-state index contributed by atoms with van der Waals surface area (Å²) in [6, 6.07) is 8.27. The minimum absolute atomic E-state index is 0.154. The number of ether oxygens (including phenoxy) is 1. The van der Waals surface area contributed by atoms with Crippen LogP contribution in [0, 0.1) is 0 Å². The van der Waals surface area contributed by atoms with Gasteiger partial charge in [0.25, 0.3) is 0 Å². The first-order valence-electron chi connectivity index (χ1n) is 6.22. The van der Waals surface area contributed by atoms with Gasteiger partial charge in [-0.2, -0.15) is 8.78 Å². The van der Waals surface area contributed by atoms with Gasteiger partial charge in [-0.1, -0.05) is 30.3 Å². The first kappa shape index (κ1) is 16.2. The molecule has 1 rings (SSSR count). The summed E-state index contributed by atoms with van der Waals surface area (Å²) in [6.45, 7) is -2.27. The molecule has 0 aliphatic heterocycles. The molecule has 4 nitrogen and oxygen atoms in total. The van der Waals surface area contributed by atoms with Crippen LogP contribution >= 0.6 is 0 Å². The van der Waals surface area contributed by atoms with E-state index in [1.54, 1.807) is 0 Å². The highest BCUT2D eigenvalue weighted by molar-refractivity contribution is 5.88. The van der Waals surface area contributed by atoms with Gasteiger partial charge >= 0.3 is 6.61 Å². The maximum Gasteiger partial charge on any atom is 0.345 e. The second kappa shape index (κ2) is 8.37. The van der Waals surface area contributed by atoms with Gasteiger partial charge in [-0.25, -0.2) is 0 Å². The first-order valence-corrected chi connectivity index (χ1v) is 6.22. The molecule has 20 heavy (non-hydrogen) atoms. The summed E-state index contributed by atoms with van der Waals surface area (Å²) in [6.07, 6.45) is 0.645. The number of alkyl halides is 2. The monoisotopic (exact) mass is 285 g/mol. The molecule has 0 heterocycles. The molecule has 1 N–H and O–H groups in total. The second-order valence-corrected chi connectivity index (χ2v) is 4.30. The Morgan fingerprint density at radius 2 is 1.90 bits per heavy atom. The van der Waals surface area contributed by atoms with Crippen LogP contribution in [0.2, 0.25) is 0 Å². The van der Waals surface area contributed by atoms with E-state index in [2.05, 4.69) is 10.1 Å². The van der Waals surface area contributed by atoms with E-state index in [0.717, 1.165) is 5.56 Å². The number of benzene rings is 1. The van der Waals surface area contributed by atoms with E-state index in [1.807, 2.05) is 30.3 Å². The number of rotatable bonds is 8. The van der Waals surface area contributed by atoms with Gasteiger partial charge in [0.1, 0.15) is 6.04 Å². The van der Waals surface area contributed by atoms with E-state index in [9.17, 15) is 18.4 Å². The van der Waals surface area contributed by atoms with Crippen molar-refractivity contribution >= 4 is 11.7 Å². The summed E-state index contributed by atoms with van der Waals surface area (Å²) in [4.78, 5) is 22.9. The van der Waals surface area contributed by atoms with Crippen LogP contribution in [0.15, 0.2) is 30.3 Å². The Balaban J connectivity index is 2.51. The van der Waals surface area contributed by atoms with E-state index in [-0.39, 0.29) is 12.2 Å². The minimum Gasteiger partial charge on any atom is -0.344 e. The van der Waals surface area contributed by atoms with E-state index in [0.29, 0.717) is 6.42 Å². The van der Waals surface area contributed by atoms with Gasteiger partial charge in [0.15, 0.2) is 5.78 Å². The quantitative estimate of drug-likeness (QED) is 0.794. The summed E-state index contributed by atoms with van der Waals surface area (Å²) in [5, 5.41) is 2.32. The summed E-state index contributed by atoms with van der Waals surface area (Å²) in [5.74, 6) is -0.786. The van der Waals surface area contributed by atoms with E-state index in [4.69, 9.17) is 0 Å². The molecule has 0 spiro atoms. The first-order chi connectivity index (χ1) is 9.49. The van der Waals surface area contributed by atoms with Crippen molar-refractivity contribution in [3.63, 3.8) is 0 Å². The molecule has 0 saturated heterocycles. The zero-order valence-corrected chi connectivity index (χ0v) is 11.1. The molecule has 0 bridgehead atoms. The smallest absolute Gasteiger partial charge is 0.344 e. The predicted molar refractivity (Wildman–Crippen MR) is 69.3 cm³/mol. The lowest BCUT2D eigenvalue weighted by Gasteiger charge is -2.16. The standard InChI is InChI=1S/C14H17F2NO3/c1-10(18)17-12(9-20-14(15)16)13(19)8-7-11-5-3-2-4-6-11/h2-6,12,14H,7-9H2,1H3,(H,17,18)/t12-/m1/s1. The third kappa shape index (κ3) is 6.38. The zero-order chi connectivity index (χ0) is 15.0. The summed E-state index contributed by atoms with van der Waals surface area (Å²) in [7, 11) is 0. The van der Waals surface area contributed by atoms with Crippen molar-refractivity contribution in [3.05, 3.63) is 35.9 Å². The molecule has 1 atom stereocenters. The number of halogens is 2. The Kier molecular flexibility index (Phi) is 6.79. The van der Waals surface area contributed by atoms with Crippen molar-refractivity contribution in [1.29, 1.82) is 0 Å². The van der Waals surface area contributed by atoms with Crippen molar-refractivity contribution in [2.75, 3.05) is 6.61 Å². The highest BCUT2D eigenvalue weighted by Crippen LogP contribution is 2.06. The van der Waals surface area contributed by atoms with E-state index in [1.165, 1.54) is 6.92 Å². The number of ketones is 1. The summed E-state index contributed by atoms with van der Waals surface area (Å²) in [5.41, 5.74) is 0.970. The maximum absolute atomic E-state index is 12.0. The number of carbonyl (C=O) groups excluding carboxylic acids is 2. The van der Waals surface area contributed by atoms with Crippen LogP contribution in [0.3, 0.4) is 0 Å². The van der Waals surface area contributed by atoms with E-state index < -0.39 is 25.2 Å². The molecule has 0 aliphatic rings. The lowest BCUT2D eigenvalue weighted by atomic mass is 10.0. The number of hydrogen-bond donors (Lipinski definition) is 1. The average Bonchev–Trinajstić information content (AvgIpc) is 2.41. The van der Waals surface area contributed by atoms with Crippen LogP contribution in [-0.4, -0.2) is 31.0 Å². The highest BCUT2D eigenvalue weighted by Gasteiger charge is 2.21. The molecule has 6 heteroatoms. The lowest BCUT2D eigenvalue weighted by molar-refractivity contribution is -0.145. The van der Waals surface area contributed by atoms with Gasteiger partial charge in [0.2, 0.25) is 5.91 Å². The number of amides is 1. The fourth-order valence-corrected chi connectivity index (χ4v) is 1.72. The number of aryl methyl sites for hydroxylation is 1. The Morgan fingerprint density at radius 1 is 1.25 bits per heavy atom. The van der Waals surface area contributed by atoms with Gasteiger partial charge in [0, 0.05) is 13.3 Å². The fraction of sp³-hybridized carbons (Fsp3) is 0.429. The van der Waals surface area contributed by atoms with Crippen LogP contribution in [0.5, 0.6) is 0 Å². The summed E-state index contributed by atoms with van der Waals surface area (Å²) < 4.78 is 28.1. The van der Waals surface area contributed by atoms with Crippen molar-refractivity contribution < 1.29 is 23.1 Å². The third-order valence-electron chi connectivity index (χ3n) is 2.66. The number of nitrogens with one attached hydrogen (secondary N) is 1. The molecule has 1 aromatic rings. The zero-order valence-electron chi connectivity index (χ0n) is 11.1. The topological polar surface area (TPSA) is 55.4 Å². The number of hydrogen-bond acceptors (Lipinski definition) is 3. The number of Topliss-reactive ketones (excluding diaryl/α,β-unsaturated/α-hetero) is 1. The minimum atomic E-state index is -2.96. The predicted octanol–water partition coefficient (Wildman–Crippen LogP) is 1.93. The van der Waals surface area contributed by atoms with Crippen molar-refractivity contribution in [2.45, 2.75) is 32.4 Å². The molecule has 110 valence electrons. The molecule has 1 amide bonds. The fourth-order valence-electron chi connectivity index (χ4n) is 1.72. The molecule has 0 saturated carbocycles. The van der Waals surface area contributed by atoms with Crippen LogP contribution in [0.1, 0.15) is 18.9 Å². The maximum atomic E-state index is 12.0. The molecule has 0 aromatic heterocycles. The lowest BCUT2D eigenvalue weighted by Crippen LogP contribution is -2.43. The third-order valence-corrected chi connectivity index (χ3v) is 2.66. The highest BCUT2D eigenvalue weighted by atomic mass is 19.3. The summed E-state index contributed by atoms with van der Waals surface area (Å²) >= 11 is 0. The molecular formula is C14H17F2NO3. The Morgan fingerprint density at radius 3 is 2.45 bits per heavy atom. The molecular weight excluding hydrogens is 268 g/mol.